The fraction of sp³-hybridized carbons (Fsp3) is 0.0926. The third kappa shape index (κ3) is 6.32. The molecule has 0 spiro atoms. The first-order chi connectivity index (χ1) is 28.7. The van der Waals surface area contributed by atoms with Gasteiger partial charge in [-0.1, -0.05) is 132 Å². The van der Waals surface area contributed by atoms with Crippen molar-refractivity contribution in [3.8, 4) is 39.7 Å². The Bertz CT molecular complexity index is 3220. The number of aromatic nitrogens is 2. The Labute approximate surface area is 367 Å². The number of nitriles is 1. The maximum atomic E-state index is 10.6. The second-order valence-corrected chi connectivity index (χ2v) is 15.4. The summed E-state index contributed by atoms with van der Waals surface area (Å²) < 4.78 is 4.74. The van der Waals surface area contributed by atoms with Crippen molar-refractivity contribution in [1.82, 2.24) is 14.5 Å². The summed E-state index contributed by atoms with van der Waals surface area (Å²) in [6.07, 6.45) is 1.48. The van der Waals surface area contributed by atoms with Crippen molar-refractivity contribution < 1.29 is 31.1 Å². The molecule has 0 aliphatic carbocycles. The van der Waals surface area contributed by atoms with Crippen molar-refractivity contribution in [3.63, 3.8) is 0 Å². The molecule has 59 heavy (non-hydrogen) atoms. The van der Waals surface area contributed by atoms with Gasteiger partial charge in [-0.25, -0.2) is 0 Å². The molecule has 0 bridgehead atoms. The molecule has 1 unspecified atom stereocenters. The number of benzene rings is 8. The zero-order valence-corrected chi connectivity index (χ0v) is 36.8. The SMILES string of the molecule is Cc1ccc(-c2[c-]c3c4ccccc4n(-c4ccccc4)c3cc2)[c-]c1-c1ccccc1CCc1c(C#N)ccc(C2CN2)c1-n1c2ccccc2c2ccccc21.[U+2]. The molecule has 10 aromatic rings. The minimum atomic E-state index is 0. The predicted octanol–water partition coefficient (Wildman–Crippen LogP) is 12.4. The third-order valence-corrected chi connectivity index (χ3v) is 12.0. The number of fused-ring (bicyclic) bond motifs is 6. The number of rotatable bonds is 8. The van der Waals surface area contributed by atoms with Crippen molar-refractivity contribution in [3.05, 3.63) is 204 Å². The van der Waals surface area contributed by atoms with E-state index in [1.807, 2.05) is 6.07 Å². The Morgan fingerprint density at radius 3 is 1.93 bits per heavy atom. The van der Waals surface area contributed by atoms with Crippen LogP contribution >= 0.6 is 0 Å². The molecular weight excluding hydrogens is 943 g/mol. The topological polar surface area (TPSA) is 55.6 Å². The number of nitrogens with one attached hydrogen (secondary N) is 1. The normalized spacial score (nSPS) is 13.5. The zero-order chi connectivity index (χ0) is 38.7. The number of aryl methyl sites for hydroxylation is 2. The molecule has 5 heteroatoms. The number of hydrogen-bond donors (Lipinski definition) is 1. The maximum Gasteiger partial charge on any atom is 2.00 e. The molecule has 1 saturated heterocycles. The number of hydrogen-bond acceptors (Lipinski definition) is 2. The van der Waals surface area contributed by atoms with Crippen molar-refractivity contribution in [1.29, 1.82) is 5.26 Å². The smallest absolute Gasteiger partial charge is 0.349 e. The van der Waals surface area contributed by atoms with Crippen LogP contribution in [-0.4, -0.2) is 15.7 Å². The van der Waals surface area contributed by atoms with Gasteiger partial charge < -0.3 is 14.5 Å². The van der Waals surface area contributed by atoms with Crippen LogP contribution in [0.3, 0.4) is 0 Å². The summed E-state index contributed by atoms with van der Waals surface area (Å²) in [6.45, 7) is 3.11. The minimum Gasteiger partial charge on any atom is -0.349 e. The average molecular weight is 981 g/mol. The third-order valence-electron chi connectivity index (χ3n) is 12.0. The van der Waals surface area contributed by atoms with Crippen LogP contribution in [0.25, 0.3) is 77.2 Å². The van der Waals surface area contributed by atoms with Gasteiger partial charge in [0.15, 0.2) is 0 Å². The molecule has 1 N–H and O–H groups in total. The van der Waals surface area contributed by atoms with Gasteiger partial charge in [0.1, 0.15) is 0 Å². The summed E-state index contributed by atoms with van der Waals surface area (Å²) in [7, 11) is 0. The molecule has 1 fully saturated rings. The predicted molar refractivity (Wildman–Crippen MR) is 238 cm³/mol. The molecule has 11 rings (SSSR count). The van der Waals surface area contributed by atoms with E-state index in [0.29, 0.717) is 6.42 Å². The molecule has 0 saturated carbocycles. The molecule has 3 heterocycles. The molecule has 278 valence electrons. The molecule has 8 aromatic carbocycles. The summed E-state index contributed by atoms with van der Waals surface area (Å²) in [5.41, 5.74) is 16.6. The van der Waals surface area contributed by atoms with Crippen molar-refractivity contribution in [2.75, 3.05) is 6.54 Å². The Morgan fingerprint density at radius 1 is 0.610 bits per heavy atom. The number of para-hydroxylation sites is 4. The molecule has 0 radical (unpaired) electrons. The Balaban J connectivity index is 0.00000420. The van der Waals surface area contributed by atoms with Crippen LogP contribution in [-0.2, 0) is 12.8 Å². The maximum absolute atomic E-state index is 10.6. The summed E-state index contributed by atoms with van der Waals surface area (Å²) in [5, 5.41) is 18.9. The Morgan fingerprint density at radius 2 is 1.22 bits per heavy atom. The van der Waals surface area contributed by atoms with E-state index in [1.165, 1.54) is 43.9 Å². The summed E-state index contributed by atoms with van der Waals surface area (Å²) in [4.78, 5) is 0. The Hall–Kier alpha value is -6.14. The van der Waals surface area contributed by atoms with Crippen LogP contribution in [0, 0.1) is 61.5 Å². The van der Waals surface area contributed by atoms with Gasteiger partial charge >= 0.3 is 31.1 Å². The van der Waals surface area contributed by atoms with Crippen LogP contribution in [0.1, 0.15) is 33.9 Å². The second-order valence-electron chi connectivity index (χ2n) is 15.4. The van der Waals surface area contributed by atoms with E-state index in [1.54, 1.807) is 0 Å². The van der Waals surface area contributed by atoms with E-state index in [2.05, 4.69) is 197 Å². The Kier molecular flexibility index (Phi) is 9.59. The van der Waals surface area contributed by atoms with Crippen LogP contribution in [0.4, 0.5) is 0 Å². The first-order valence-electron chi connectivity index (χ1n) is 20.1. The molecule has 2 aromatic heterocycles. The molecule has 1 atom stereocenters. The van der Waals surface area contributed by atoms with E-state index in [9.17, 15) is 5.26 Å². The van der Waals surface area contributed by atoms with Gasteiger partial charge in [0.2, 0.25) is 0 Å². The number of nitrogens with zero attached hydrogens (tertiary/aromatic N) is 3. The first-order valence-corrected chi connectivity index (χ1v) is 20.1. The quantitative estimate of drug-likeness (QED) is 0.122. The van der Waals surface area contributed by atoms with Crippen LogP contribution in [0.15, 0.2) is 164 Å². The largest absolute Gasteiger partial charge is 2.00 e. The van der Waals surface area contributed by atoms with Gasteiger partial charge in [0.05, 0.1) is 28.4 Å². The molecular formula is C54H38N4U. The minimum absolute atomic E-state index is 0. The van der Waals surface area contributed by atoms with Crippen LogP contribution in [0.5, 0.6) is 0 Å². The summed E-state index contributed by atoms with van der Waals surface area (Å²) >= 11 is 0. The van der Waals surface area contributed by atoms with Gasteiger partial charge in [-0.3, -0.25) is 0 Å². The fourth-order valence-corrected chi connectivity index (χ4v) is 9.14. The summed E-state index contributed by atoms with van der Waals surface area (Å²) in [5.74, 6) is 0. The van der Waals surface area contributed by atoms with E-state index in [0.717, 1.165) is 74.1 Å². The van der Waals surface area contributed by atoms with E-state index < -0.39 is 0 Å². The van der Waals surface area contributed by atoms with E-state index in [4.69, 9.17) is 0 Å². The second kappa shape index (κ2) is 15.2. The van der Waals surface area contributed by atoms with Crippen molar-refractivity contribution in [2.24, 2.45) is 0 Å². The van der Waals surface area contributed by atoms with Gasteiger partial charge in [-0.15, -0.1) is 23.3 Å². The van der Waals surface area contributed by atoms with Gasteiger partial charge in [-0.05, 0) is 65.9 Å². The van der Waals surface area contributed by atoms with Gasteiger partial charge in [0.25, 0.3) is 0 Å². The molecule has 0 amide bonds. The van der Waals surface area contributed by atoms with Gasteiger partial charge in [0, 0.05) is 34.6 Å². The standard InChI is InChI=1S/C54H38N4.U/c1-35-23-24-37(38-27-30-53-48(32-38)45-19-9-10-20-50(45)57(53)40-14-3-2-4-15-40)31-47(35)41-16-6-5-13-36(41)25-28-42-39(33-55)26-29-46(49-34-56-49)54(42)58-51-21-11-7-17-43(51)44-18-8-12-22-52(44)58;/h2-24,26-27,29-30,49,56H,25,28,34H2,1H3;/q-2;+2. The van der Waals surface area contributed by atoms with Crippen LogP contribution in [0.2, 0.25) is 0 Å². The zero-order valence-electron chi connectivity index (χ0n) is 32.6. The van der Waals surface area contributed by atoms with Crippen molar-refractivity contribution in [2.45, 2.75) is 25.8 Å². The van der Waals surface area contributed by atoms with Crippen molar-refractivity contribution >= 4 is 43.6 Å². The fourth-order valence-electron chi connectivity index (χ4n) is 9.14. The summed E-state index contributed by atoms with van der Waals surface area (Å²) in [6, 6.07) is 68.7. The monoisotopic (exact) mass is 980 g/mol. The van der Waals surface area contributed by atoms with E-state index in [-0.39, 0.29) is 37.2 Å². The molecule has 1 aliphatic heterocycles. The van der Waals surface area contributed by atoms with Gasteiger partial charge in [-0.2, -0.15) is 40.7 Å². The average Bonchev–Trinajstić information content (AvgIpc) is 4.00. The van der Waals surface area contributed by atoms with E-state index >= 15 is 0 Å². The van der Waals surface area contributed by atoms with Crippen LogP contribution < -0.4 is 5.32 Å². The first kappa shape index (κ1) is 37.2. The molecule has 1 aliphatic rings. The molecule has 4 nitrogen and oxygen atoms in total.